The van der Waals surface area contributed by atoms with Crippen molar-refractivity contribution in [1.82, 2.24) is 10.0 Å². The van der Waals surface area contributed by atoms with Crippen LogP contribution >= 0.6 is 0 Å². The van der Waals surface area contributed by atoms with E-state index in [0.717, 1.165) is 22.9 Å². The zero-order valence-corrected chi connectivity index (χ0v) is 21.7. The smallest absolute Gasteiger partial charge is 0.266 e. The summed E-state index contributed by atoms with van der Waals surface area (Å²) in [5.74, 6) is 0.000354. The molecule has 4 N–H and O–H groups in total. The number of sulfonamides is 1. The lowest BCUT2D eigenvalue weighted by Gasteiger charge is -2.25. The summed E-state index contributed by atoms with van der Waals surface area (Å²) in [5.41, 5.74) is 2.19. The minimum Gasteiger partial charge on any atom is -0.492 e. The molecule has 0 saturated heterocycles. The first-order valence-electron chi connectivity index (χ1n) is 11.6. The lowest BCUT2D eigenvalue weighted by atomic mass is 10.0. The average molecular weight is 512 g/mol. The van der Waals surface area contributed by atoms with Gasteiger partial charge in [0.2, 0.25) is 10.0 Å². The van der Waals surface area contributed by atoms with E-state index in [9.17, 15) is 18.3 Å². The van der Waals surface area contributed by atoms with Crippen LogP contribution in [-0.2, 0) is 15.7 Å². The van der Waals surface area contributed by atoms with Crippen molar-refractivity contribution in [3.05, 3.63) is 83.9 Å². The van der Waals surface area contributed by atoms with Gasteiger partial charge >= 0.3 is 0 Å². The summed E-state index contributed by atoms with van der Waals surface area (Å²) in [4.78, 5) is 12.5. The molecule has 3 rings (SSSR count). The van der Waals surface area contributed by atoms with Crippen molar-refractivity contribution < 1.29 is 23.1 Å². The van der Waals surface area contributed by atoms with Gasteiger partial charge in [-0.2, -0.15) is 0 Å². The number of amides is 1. The predicted molar refractivity (Wildman–Crippen MR) is 142 cm³/mol. The lowest BCUT2D eigenvalue weighted by molar-refractivity contribution is 0.0169. The van der Waals surface area contributed by atoms with Gasteiger partial charge in [0.25, 0.3) is 5.91 Å². The topological polar surface area (TPSA) is 117 Å². The van der Waals surface area contributed by atoms with E-state index in [2.05, 4.69) is 10.6 Å². The van der Waals surface area contributed by atoms with Gasteiger partial charge in [0, 0.05) is 18.3 Å². The van der Waals surface area contributed by atoms with Crippen molar-refractivity contribution in [3.63, 3.8) is 0 Å². The molecular weight excluding hydrogens is 478 g/mol. The molecule has 1 atom stereocenters. The van der Waals surface area contributed by atoms with Crippen LogP contribution in [0.1, 0.15) is 36.7 Å². The van der Waals surface area contributed by atoms with Crippen molar-refractivity contribution in [2.24, 2.45) is 0 Å². The summed E-state index contributed by atoms with van der Waals surface area (Å²) in [6, 6.07) is 22.1. The first-order valence-corrected chi connectivity index (χ1v) is 13.5. The highest BCUT2D eigenvalue weighted by Gasteiger charge is 2.21. The highest BCUT2D eigenvalue weighted by molar-refractivity contribution is 7.89. The Hall–Kier alpha value is -3.40. The van der Waals surface area contributed by atoms with Crippen LogP contribution in [0.3, 0.4) is 0 Å². The Labute approximate surface area is 212 Å². The Morgan fingerprint density at radius 3 is 2.25 bits per heavy atom. The summed E-state index contributed by atoms with van der Waals surface area (Å²) in [5, 5.41) is 16.9. The zero-order valence-electron chi connectivity index (χ0n) is 20.9. The Morgan fingerprint density at radius 2 is 1.64 bits per heavy atom. The molecule has 3 aromatic carbocycles. The quantitative estimate of drug-likeness (QED) is 0.229. The summed E-state index contributed by atoms with van der Waals surface area (Å²) in [7, 11) is -3.68. The van der Waals surface area contributed by atoms with E-state index < -0.39 is 21.7 Å². The summed E-state index contributed by atoms with van der Waals surface area (Å²) in [6.45, 7) is 6.39. The standard InChI is InChI=1S/C27H33N3O5S/c1-19(2)29-25-18-21(12-15-24(25)26(31)30-36(4,33)34)20-10-13-23(14-11-20)35-17-16-28-27(3,32)22-8-6-5-7-9-22/h5-15,18-19,28-29,32H,16-17H2,1-4H3,(H,30,31)/t27-/m0/s1. The third-order valence-electron chi connectivity index (χ3n) is 5.35. The van der Waals surface area contributed by atoms with Crippen LogP contribution in [0.15, 0.2) is 72.8 Å². The van der Waals surface area contributed by atoms with Crippen LogP contribution < -0.4 is 20.1 Å². The number of rotatable bonds is 11. The van der Waals surface area contributed by atoms with Crippen LogP contribution in [0.5, 0.6) is 5.75 Å². The number of hydrogen-bond acceptors (Lipinski definition) is 7. The molecule has 0 radical (unpaired) electrons. The number of carbonyl (C=O) groups is 1. The SMILES string of the molecule is CC(C)Nc1cc(-c2ccc(OCCN[C@@](C)(O)c3ccccc3)cc2)ccc1C(=O)NS(C)(=O)=O. The molecule has 0 unspecified atom stereocenters. The van der Waals surface area contributed by atoms with E-state index in [1.165, 1.54) is 0 Å². The fourth-order valence-electron chi connectivity index (χ4n) is 3.65. The van der Waals surface area contributed by atoms with Gasteiger partial charge in [-0.05, 0) is 61.7 Å². The number of anilines is 1. The fourth-order valence-corrected chi connectivity index (χ4v) is 4.09. The maximum absolute atomic E-state index is 12.5. The van der Waals surface area contributed by atoms with E-state index in [1.807, 2.05) is 79.2 Å². The number of benzene rings is 3. The van der Waals surface area contributed by atoms with Crippen LogP contribution in [0, 0.1) is 0 Å². The molecular formula is C27H33N3O5S. The van der Waals surface area contributed by atoms with Gasteiger partial charge in [-0.3, -0.25) is 10.1 Å². The number of carbonyl (C=O) groups excluding carboxylic acids is 1. The molecule has 0 heterocycles. The molecule has 0 aliphatic rings. The zero-order chi connectivity index (χ0) is 26.3. The summed E-state index contributed by atoms with van der Waals surface area (Å²) >= 11 is 0. The predicted octanol–water partition coefficient (Wildman–Crippen LogP) is 3.70. The molecule has 8 nitrogen and oxygen atoms in total. The maximum Gasteiger partial charge on any atom is 0.266 e. The van der Waals surface area contributed by atoms with Gasteiger partial charge < -0.3 is 15.2 Å². The van der Waals surface area contributed by atoms with Gasteiger partial charge in [0.1, 0.15) is 18.1 Å². The van der Waals surface area contributed by atoms with Crippen LogP contribution in [0.4, 0.5) is 5.69 Å². The Bertz CT molecular complexity index is 1270. The molecule has 192 valence electrons. The van der Waals surface area contributed by atoms with Gasteiger partial charge in [-0.1, -0.05) is 48.5 Å². The average Bonchev–Trinajstić information content (AvgIpc) is 2.81. The molecule has 0 saturated carbocycles. The number of ether oxygens (including phenoxy) is 1. The summed E-state index contributed by atoms with van der Waals surface area (Å²) in [6.07, 6.45) is 0.945. The molecule has 0 spiro atoms. The number of nitrogens with one attached hydrogen (secondary N) is 3. The Morgan fingerprint density at radius 1 is 1.00 bits per heavy atom. The highest BCUT2D eigenvalue weighted by atomic mass is 32.2. The Balaban J connectivity index is 1.65. The van der Waals surface area contributed by atoms with Crippen molar-refractivity contribution in [2.75, 3.05) is 24.7 Å². The van der Waals surface area contributed by atoms with E-state index in [0.29, 0.717) is 24.6 Å². The van der Waals surface area contributed by atoms with Crippen molar-refractivity contribution >= 4 is 21.6 Å². The monoisotopic (exact) mass is 511 g/mol. The van der Waals surface area contributed by atoms with Crippen LogP contribution in [0.25, 0.3) is 11.1 Å². The lowest BCUT2D eigenvalue weighted by Crippen LogP contribution is -2.41. The fraction of sp³-hybridized carbons (Fsp3) is 0.296. The Kier molecular flexibility index (Phi) is 8.73. The third-order valence-corrected chi connectivity index (χ3v) is 5.91. The largest absolute Gasteiger partial charge is 0.492 e. The number of hydrogen-bond donors (Lipinski definition) is 4. The van der Waals surface area contributed by atoms with Crippen LogP contribution in [0.2, 0.25) is 0 Å². The number of aliphatic hydroxyl groups is 1. The molecule has 0 aromatic heterocycles. The molecule has 3 aromatic rings. The van der Waals surface area contributed by atoms with E-state index in [-0.39, 0.29) is 11.6 Å². The third kappa shape index (κ3) is 7.81. The van der Waals surface area contributed by atoms with Crippen molar-refractivity contribution in [3.8, 4) is 16.9 Å². The second-order valence-electron chi connectivity index (χ2n) is 9.00. The van der Waals surface area contributed by atoms with E-state index in [1.54, 1.807) is 19.1 Å². The first kappa shape index (κ1) is 27.2. The van der Waals surface area contributed by atoms with E-state index >= 15 is 0 Å². The highest BCUT2D eigenvalue weighted by Crippen LogP contribution is 2.28. The molecule has 0 bridgehead atoms. The van der Waals surface area contributed by atoms with Gasteiger partial charge in [-0.25, -0.2) is 13.1 Å². The summed E-state index contributed by atoms with van der Waals surface area (Å²) < 4.78 is 30.8. The van der Waals surface area contributed by atoms with Gasteiger partial charge in [0.05, 0.1) is 11.8 Å². The second-order valence-corrected chi connectivity index (χ2v) is 10.7. The molecule has 0 aliphatic heterocycles. The minimum absolute atomic E-state index is 0.0390. The van der Waals surface area contributed by atoms with Crippen LogP contribution in [-0.4, -0.2) is 44.9 Å². The normalized spacial score (nSPS) is 13.2. The van der Waals surface area contributed by atoms with E-state index in [4.69, 9.17) is 4.74 Å². The maximum atomic E-state index is 12.5. The molecule has 1 amide bonds. The molecule has 0 aliphatic carbocycles. The molecule has 9 heteroatoms. The molecule has 0 fully saturated rings. The first-order chi connectivity index (χ1) is 16.9. The van der Waals surface area contributed by atoms with Gasteiger partial charge in [-0.15, -0.1) is 0 Å². The molecule has 36 heavy (non-hydrogen) atoms. The van der Waals surface area contributed by atoms with Gasteiger partial charge in [0.15, 0.2) is 0 Å². The second kappa shape index (κ2) is 11.6. The minimum atomic E-state index is -3.68. The van der Waals surface area contributed by atoms with Crippen molar-refractivity contribution in [1.29, 1.82) is 0 Å². The van der Waals surface area contributed by atoms with Crippen molar-refractivity contribution in [2.45, 2.75) is 32.5 Å².